The van der Waals surface area contributed by atoms with Crippen molar-refractivity contribution in [3.05, 3.63) is 78.4 Å². The van der Waals surface area contributed by atoms with Crippen LogP contribution < -0.4 is 5.32 Å². The Hall–Kier alpha value is -2.38. The van der Waals surface area contributed by atoms with Gasteiger partial charge in [0.1, 0.15) is 0 Å². The van der Waals surface area contributed by atoms with Gasteiger partial charge in [-0.2, -0.15) is 0 Å². The Labute approximate surface area is 131 Å². The molecule has 1 heterocycles. The molecule has 0 atom stereocenters. The fourth-order valence-corrected chi connectivity index (χ4v) is 3.24. The molecule has 0 radical (unpaired) electrons. The largest absolute Gasteiger partial charge is 0.313 e. The van der Waals surface area contributed by atoms with Crippen molar-refractivity contribution in [2.24, 2.45) is 0 Å². The summed E-state index contributed by atoms with van der Waals surface area (Å²) in [6.45, 7) is 2.04. The zero-order valence-corrected chi connectivity index (χ0v) is 12.5. The fraction of sp³-hybridized carbons (Fsp3) is 0.143. The van der Waals surface area contributed by atoms with Crippen LogP contribution in [0, 0.1) is 0 Å². The SMILES string of the molecule is C1=C(c2ccccc2-c2ccc3ccccc3c2)CCNC1. The summed E-state index contributed by atoms with van der Waals surface area (Å²) in [5.74, 6) is 0. The maximum Gasteiger partial charge on any atom is 0.0140 e. The zero-order valence-electron chi connectivity index (χ0n) is 12.5. The normalized spacial score (nSPS) is 14.8. The lowest BCUT2D eigenvalue weighted by Gasteiger charge is -2.18. The van der Waals surface area contributed by atoms with Crippen molar-refractivity contribution in [1.29, 1.82) is 0 Å². The molecule has 1 N–H and O–H groups in total. The Kier molecular flexibility index (Phi) is 3.49. The van der Waals surface area contributed by atoms with Gasteiger partial charge in [-0.15, -0.1) is 0 Å². The first-order valence-corrected chi connectivity index (χ1v) is 7.90. The van der Waals surface area contributed by atoms with Gasteiger partial charge in [-0.3, -0.25) is 0 Å². The van der Waals surface area contributed by atoms with Crippen LogP contribution >= 0.6 is 0 Å². The van der Waals surface area contributed by atoms with E-state index in [0.29, 0.717) is 0 Å². The van der Waals surface area contributed by atoms with E-state index in [-0.39, 0.29) is 0 Å². The molecule has 0 bridgehead atoms. The van der Waals surface area contributed by atoms with Crippen molar-refractivity contribution in [3.63, 3.8) is 0 Å². The van der Waals surface area contributed by atoms with Gasteiger partial charge in [0.25, 0.3) is 0 Å². The number of rotatable bonds is 2. The highest BCUT2D eigenvalue weighted by molar-refractivity contribution is 5.90. The molecule has 4 rings (SSSR count). The van der Waals surface area contributed by atoms with Crippen molar-refractivity contribution in [2.45, 2.75) is 6.42 Å². The van der Waals surface area contributed by atoms with Gasteiger partial charge >= 0.3 is 0 Å². The zero-order chi connectivity index (χ0) is 14.8. The van der Waals surface area contributed by atoms with Crippen LogP contribution in [-0.2, 0) is 0 Å². The molecule has 3 aromatic carbocycles. The third kappa shape index (κ3) is 2.44. The van der Waals surface area contributed by atoms with E-state index in [4.69, 9.17) is 0 Å². The van der Waals surface area contributed by atoms with Gasteiger partial charge in [-0.05, 0) is 52.1 Å². The second kappa shape index (κ2) is 5.78. The van der Waals surface area contributed by atoms with Crippen LogP contribution in [0.25, 0.3) is 27.5 Å². The molecule has 0 saturated carbocycles. The van der Waals surface area contributed by atoms with Gasteiger partial charge in [0.05, 0.1) is 0 Å². The number of benzene rings is 3. The van der Waals surface area contributed by atoms with Crippen LogP contribution in [0.5, 0.6) is 0 Å². The Morgan fingerprint density at radius 2 is 1.50 bits per heavy atom. The molecule has 22 heavy (non-hydrogen) atoms. The minimum atomic E-state index is 0.974. The molecule has 3 aromatic rings. The van der Waals surface area contributed by atoms with Crippen molar-refractivity contribution >= 4 is 16.3 Å². The molecule has 0 spiro atoms. The van der Waals surface area contributed by atoms with E-state index in [2.05, 4.69) is 78.1 Å². The summed E-state index contributed by atoms with van der Waals surface area (Å²) in [5.41, 5.74) is 5.47. The molecular weight excluding hydrogens is 266 g/mol. The summed E-state index contributed by atoms with van der Waals surface area (Å²) in [6.07, 6.45) is 3.42. The summed E-state index contributed by atoms with van der Waals surface area (Å²) in [6, 6.07) is 24.1. The van der Waals surface area contributed by atoms with Crippen molar-refractivity contribution in [3.8, 4) is 11.1 Å². The van der Waals surface area contributed by atoms with Crippen molar-refractivity contribution in [1.82, 2.24) is 5.32 Å². The van der Waals surface area contributed by atoms with E-state index in [1.165, 1.54) is 33.0 Å². The van der Waals surface area contributed by atoms with Crippen LogP contribution in [0.4, 0.5) is 0 Å². The van der Waals surface area contributed by atoms with Gasteiger partial charge in [0.15, 0.2) is 0 Å². The van der Waals surface area contributed by atoms with E-state index in [9.17, 15) is 0 Å². The van der Waals surface area contributed by atoms with E-state index in [1.807, 2.05) is 0 Å². The molecule has 108 valence electrons. The predicted octanol–water partition coefficient (Wildman–Crippen LogP) is 4.88. The third-order valence-electron chi connectivity index (χ3n) is 4.40. The molecule has 0 unspecified atom stereocenters. The predicted molar refractivity (Wildman–Crippen MR) is 94.8 cm³/mol. The highest BCUT2D eigenvalue weighted by Gasteiger charge is 2.11. The molecule has 1 aliphatic heterocycles. The lowest BCUT2D eigenvalue weighted by Crippen LogP contribution is -2.20. The van der Waals surface area contributed by atoms with Gasteiger partial charge in [0, 0.05) is 6.54 Å². The summed E-state index contributed by atoms with van der Waals surface area (Å²) in [7, 11) is 0. The lowest BCUT2D eigenvalue weighted by molar-refractivity contribution is 0.739. The molecular formula is C21H19N. The summed E-state index contributed by atoms with van der Waals surface area (Å²) < 4.78 is 0. The van der Waals surface area contributed by atoms with Crippen molar-refractivity contribution < 1.29 is 0 Å². The number of nitrogens with one attached hydrogen (secondary N) is 1. The average Bonchev–Trinajstić information content (AvgIpc) is 2.62. The molecule has 0 aromatic heterocycles. The Morgan fingerprint density at radius 1 is 0.727 bits per heavy atom. The van der Waals surface area contributed by atoms with Crippen LogP contribution in [0.2, 0.25) is 0 Å². The molecule has 1 nitrogen and oxygen atoms in total. The number of hydrogen-bond acceptors (Lipinski definition) is 1. The average molecular weight is 285 g/mol. The fourth-order valence-electron chi connectivity index (χ4n) is 3.24. The van der Waals surface area contributed by atoms with E-state index >= 15 is 0 Å². The summed E-state index contributed by atoms with van der Waals surface area (Å²) in [4.78, 5) is 0. The first-order chi connectivity index (χ1) is 10.9. The first-order valence-electron chi connectivity index (χ1n) is 7.90. The monoisotopic (exact) mass is 285 g/mol. The molecule has 0 fully saturated rings. The van der Waals surface area contributed by atoms with E-state index in [1.54, 1.807) is 0 Å². The molecule has 0 aliphatic carbocycles. The van der Waals surface area contributed by atoms with Gasteiger partial charge < -0.3 is 5.32 Å². The minimum absolute atomic E-state index is 0.974. The standard InChI is InChI=1S/C21H19N/c1-2-6-18-15-19(10-9-16(18)5-1)21-8-4-3-7-20(21)17-11-13-22-14-12-17/h1-11,15,22H,12-14H2. The second-order valence-corrected chi connectivity index (χ2v) is 5.79. The van der Waals surface area contributed by atoms with Crippen LogP contribution in [0.3, 0.4) is 0 Å². The van der Waals surface area contributed by atoms with E-state index in [0.717, 1.165) is 19.5 Å². The van der Waals surface area contributed by atoms with Gasteiger partial charge in [-0.25, -0.2) is 0 Å². The highest BCUT2D eigenvalue weighted by Crippen LogP contribution is 2.32. The maximum atomic E-state index is 3.39. The molecule has 1 heteroatoms. The Balaban J connectivity index is 1.85. The molecule has 1 aliphatic rings. The molecule has 0 saturated heterocycles. The van der Waals surface area contributed by atoms with Crippen LogP contribution in [0.15, 0.2) is 72.8 Å². The van der Waals surface area contributed by atoms with Crippen LogP contribution in [0.1, 0.15) is 12.0 Å². The maximum absolute atomic E-state index is 3.39. The smallest absolute Gasteiger partial charge is 0.0140 e. The van der Waals surface area contributed by atoms with E-state index < -0.39 is 0 Å². The molecule has 0 amide bonds. The number of fused-ring (bicyclic) bond motifs is 1. The topological polar surface area (TPSA) is 12.0 Å². The quantitative estimate of drug-likeness (QED) is 0.707. The summed E-state index contributed by atoms with van der Waals surface area (Å²) >= 11 is 0. The van der Waals surface area contributed by atoms with Gasteiger partial charge in [0.2, 0.25) is 0 Å². The summed E-state index contributed by atoms with van der Waals surface area (Å²) in [5, 5.41) is 5.99. The third-order valence-corrected chi connectivity index (χ3v) is 4.40. The van der Waals surface area contributed by atoms with Crippen LogP contribution in [-0.4, -0.2) is 13.1 Å². The Bertz CT molecular complexity index is 845. The first kappa shape index (κ1) is 13.3. The Morgan fingerprint density at radius 3 is 2.32 bits per heavy atom. The second-order valence-electron chi connectivity index (χ2n) is 5.79. The highest BCUT2D eigenvalue weighted by atomic mass is 14.8. The van der Waals surface area contributed by atoms with Crippen molar-refractivity contribution in [2.75, 3.05) is 13.1 Å². The van der Waals surface area contributed by atoms with Gasteiger partial charge in [-0.1, -0.05) is 66.7 Å². The lowest BCUT2D eigenvalue weighted by atomic mass is 9.91. The minimum Gasteiger partial charge on any atom is -0.313 e. The number of hydrogen-bond donors (Lipinski definition) is 1.